The molecule has 0 aliphatic carbocycles. The van der Waals surface area contributed by atoms with E-state index >= 15 is 0 Å². The number of phenolic OH excluding ortho intramolecular Hbond substituents is 2. The topological polar surface area (TPSA) is 91.2 Å². The van der Waals surface area contributed by atoms with Gasteiger partial charge in [0.1, 0.15) is 5.75 Å². The molecule has 0 fully saturated rings. The molecule has 0 bridgehead atoms. The fourth-order valence-corrected chi connectivity index (χ4v) is 2.69. The van der Waals surface area contributed by atoms with E-state index in [9.17, 15) is 15.0 Å². The third-order valence-corrected chi connectivity index (χ3v) is 5.15. The average Bonchev–Trinajstić information content (AvgIpc) is 2.57. The molecule has 0 spiro atoms. The predicted molar refractivity (Wildman–Crippen MR) is 97.8 cm³/mol. The van der Waals surface area contributed by atoms with E-state index in [-0.39, 0.29) is 17.1 Å². The Hall–Kier alpha value is -2.06. The molecule has 0 heterocycles. The number of para-hydroxylation sites is 1. The second-order valence-electron chi connectivity index (χ2n) is 4.59. The fraction of sp³-hybridized carbons (Fsp3) is 0.125. The number of carbonyl (C=O) groups is 1. The van der Waals surface area contributed by atoms with Gasteiger partial charge in [-0.1, -0.05) is 12.1 Å². The molecule has 0 saturated heterocycles. The van der Waals surface area contributed by atoms with E-state index in [0.717, 1.165) is 0 Å². The highest BCUT2D eigenvalue weighted by atomic mass is 79.9. The number of nitrogens with zero attached hydrogens (tertiary/aromatic N) is 1. The van der Waals surface area contributed by atoms with Gasteiger partial charge in [0.2, 0.25) is 0 Å². The van der Waals surface area contributed by atoms with Crippen molar-refractivity contribution >= 4 is 44.0 Å². The maximum atomic E-state index is 12.0. The minimum atomic E-state index is -0.539. The van der Waals surface area contributed by atoms with Crippen LogP contribution in [-0.4, -0.2) is 28.9 Å². The van der Waals surface area contributed by atoms with Gasteiger partial charge in [-0.2, -0.15) is 5.10 Å². The molecule has 2 rings (SSSR count). The molecule has 8 heteroatoms. The molecule has 0 unspecified atom stereocenters. The van der Waals surface area contributed by atoms with E-state index in [4.69, 9.17) is 4.74 Å². The van der Waals surface area contributed by atoms with Gasteiger partial charge in [-0.3, -0.25) is 4.79 Å². The molecule has 1 amide bonds. The normalized spacial score (nSPS) is 10.8. The zero-order valence-corrected chi connectivity index (χ0v) is 15.8. The number of aromatic hydroxyl groups is 2. The summed E-state index contributed by atoms with van der Waals surface area (Å²) in [6.07, 6.45) is 1.40. The summed E-state index contributed by atoms with van der Waals surface area (Å²) in [5, 5.41) is 23.5. The highest BCUT2D eigenvalue weighted by Crippen LogP contribution is 2.41. The smallest absolute Gasteiger partial charge is 0.275 e. The van der Waals surface area contributed by atoms with Crippen LogP contribution in [0.2, 0.25) is 0 Å². The molecule has 126 valence electrons. The number of hydrazone groups is 1. The highest BCUT2D eigenvalue weighted by Gasteiger charge is 2.14. The van der Waals surface area contributed by atoms with Crippen molar-refractivity contribution in [2.75, 3.05) is 6.61 Å². The summed E-state index contributed by atoms with van der Waals surface area (Å²) < 4.78 is 6.32. The lowest BCUT2D eigenvalue weighted by Gasteiger charge is -2.11. The summed E-state index contributed by atoms with van der Waals surface area (Å²) in [6, 6.07) is 7.75. The molecule has 0 radical (unpaired) electrons. The first-order valence-electron chi connectivity index (χ1n) is 6.90. The zero-order valence-electron chi connectivity index (χ0n) is 12.6. The fourth-order valence-electron chi connectivity index (χ4n) is 1.86. The van der Waals surface area contributed by atoms with Gasteiger partial charge in [-0.05, 0) is 57.0 Å². The molecule has 24 heavy (non-hydrogen) atoms. The van der Waals surface area contributed by atoms with Gasteiger partial charge in [-0.15, -0.1) is 0 Å². The van der Waals surface area contributed by atoms with Gasteiger partial charge >= 0.3 is 0 Å². The Kier molecular flexibility index (Phi) is 6.22. The lowest BCUT2D eigenvalue weighted by Crippen LogP contribution is -2.17. The summed E-state index contributed by atoms with van der Waals surface area (Å²) in [5.41, 5.74) is 3.04. The largest absolute Gasteiger partial charge is 0.507 e. The first-order chi connectivity index (χ1) is 11.5. The first-order valence-corrected chi connectivity index (χ1v) is 8.49. The summed E-state index contributed by atoms with van der Waals surface area (Å²) in [5.74, 6) is -0.402. The van der Waals surface area contributed by atoms with Crippen LogP contribution < -0.4 is 10.2 Å². The number of rotatable bonds is 5. The van der Waals surface area contributed by atoms with Crippen molar-refractivity contribution in [2.24, 2.45) is 5.10 Å². The molecule has 2 aromatic rings. The van der Waals surface area contributed by atoms with E-state index in [1.54, 1.807) is 25.1 Å². The summed E-state index contributed by atoms with van der Waals surface area (Å²) in [4.78, 5) is 12.0. The van der Waals surface area contributed by atoms with Crippen molar-refractivity contribution < 1.29 is 19.7 Å². The molecular formula is C16H14Br2N2O4. The Bertz CT molecular complexity index is 794. The minimum absolute atomic E-state index is 0.0286. The Morgan fingerprint density at radius 2 is 2.00 bits per heavy atom. The van der Waals surface area contributed by atoms with Gasteiger partial charge < -0.3 is 14.9 Å². The predicted octanol–water partition coefficient (Wildman–Crippen LogP) is 3.79. The quantitative estimate of drug-likeness (QED) is 0.470. The number of hydrogen-bond acceptors (Lipinski definition) is 5. The van der Waals surface area contributed by atoms with E-state index in [1.165, 1.54) is 18.3 Å². The van der Waals surface area contributed by atoms with Crippen LogP contribution in [-0.2, 0) is 0 Å². The molecular weight excluding hydrogens is 444 g/mol. The second-order valence-corrected chi connectivity index (χ2v) is 6.18. The number of amides is 1. The standard InChI is InChI=1S/C16H14Br2N2O4/c1-2-24-12-7-9(13(17)14(18)15(12)22)8-19-20-16(23)10-5-3-4-6-11(10)21/h3-8,21-22H,2H2,1H3,(H,20,23)/b19-8-. The van der Waals surface area contributed by atoms with E-state index in [0.29, 0.717) is 26.9 Å². The van der Waals surface area contributed by atoms with Crippen molar-refractivity contribution in [2.45, 2.75) is 6.92 Å². The number of phenols is 2. The van der Waals surface area contributed by atoms with Crippen LogP contribution in [0.4, 0.5) is 0 Å². The van der Waals surface area contributed by atoms with Crippen LogP contribution in [0, 0.1) is 0 Å². The SMILES string of the molecule is CCOc1cc(/C=N\NC(=O)c2ccccc2O)c(Br)c(Br)c1O. The van der Waals surface area contributed by atoms with Crippen LogP contribution in [0.25, 0.3) is 0 Å². The average molecular weight is 458 g/mol. The third kappa shape index (κ3) is 4.07. The number of hydrogen-bond donors (Lipinski definition) is 3. The number of ether oxygens (including phenoxy) is 1. The Labute approximate surface area is 155 Å². The minimum Gasteiger partial charge on any atom is -0.507 e. The number of carbonyl (C=O) groups excluding carboxylic acids is 1. The lowest BCUT2D eigenvalue weighted by molar-refractivity contribution is 0.0952. The van der Waals surface area contributed by atoms with Crippen LogP contribution in [0.15, 0.2) is 44.4 Å². The molecule has 3 N–H and O–H groups in total. The molecule has 0 aliphatic heterocycles. The number of halogens is 2. The van der Waals surface area contributed by atoms with E-state index in [2.05, 4.69) is 42.4 Å². The van der Waals surface area contributed by atoms with Crippen LogP contribution >= 0.6 is 31.9 Å². The van der Waals surface area contributed by atoms with Crippen molar-refractivity contribution in [3.05, 3.63) is 50.4 Å². The van der Waals surface area contributed by atoms with Gasteiger partial charge in [-0.25, -0.2) is 5.43 Å². The van der Waals surface area contributed by atoms with Crippen molar-refractivity contribution in [1.29, 1.82) is 0 Å². The maximum absolute atomic E-state index is 12.0. The van der Waals surface area contributed by atoms with Crippen LogP contribution in [0.1, 0.15) is 22.8 Å². The molecule has 2 aromatic carbocycles. The highest BCUT2D eigenvalue weighted by molar-refractivity contribution is 9.13. The first kappa shape index (κ1) is 18.3. The molecule has 0 atom stereocenters. The van der Waals surface area contributed by atoms with Gasteiger partial charge in [0.25, 0.3) is 5.91 Å². The summed E-state index contributed by atoms with van der Waals surface area (Å²) in [7, 11) is 0. The Morgan fingerprint density at radius 1 is 1.29 bits per heavy atom. The van der Waals surface area contributed by atoms with E-state index in [1.807, 2.05) is 0 Å². The van der Waals surface area contributed by atoms with Crippen LogP contribution in [0.3, 0.4) is 0 Å². The summed E-state index contributed by atoms with van der Waals surface area (Å²) in [6.45, 7) is 2.19. The van der Waals surface area contributed by atoms with Crippen LogP contribution in [0.5, 0.6) is 17.2 Å². The van der Waals surface area contributed by atoms with Gasteiger partial charge in [0.05, 0.1) is 22.9 Å². The lowest BCUT2D eigenvalue weighted by atomic mass is 10.2. The molecule has 0 aromatic heterocycles. The van der Waals surface area contributed by atoms with Crippen molar-refractivity contribution in [1.82, 2.24) is 5.43 Å². The van der Waals surface area contributed by atoms with E-state index < -0.39 is 5.91 Å². The molecule has 0 saturated carbocycles. The second kappa shape index (κ2) is 8.16. The number of nitrogens with one attached hydrogen (secondary N) is 1. The van der Waals surface area contributed by atoms with Crippen molar-refractivity contribution in [3.63, 3.8) is 0 Å². The number of benzene rings is 2. The zero-order chi connectivity index (χ0) is 17.7. The Morgan fingerprint density at radius 3 is 2.67 bits per heavy atom. The maximum Gasteiger partial charge on any atom is 0.275 e. The monoisotopic (exact) mass is 456 g/mol. The van der Waals surface area contributed by atoms with Gasteiger partial charge in [0, 0.05) is 10.0 Å². The Balaban J connectivity index is 2.20. The summed E-state index contributed by atoms with van der Waals surface area (Å²) >= 11 is 6.59. The third-order valence-electron chi connectivity index (χ3n) is 2.99. The van der Waals surface area contributed by atoms with Gasteiger partial charge in [0.15, 0.2) is 11.5 Å². The molecule has 6 nitrogen and oxygen atoms in total. The molecule has 0 aliphatic rings. The van der Waals surface area contributed by atoms with Crippen molar-refractivity contribution in [3.8, 4) is 17.2 Å².